The maximum absolute atomic E-state index is 12.6. The molecule has 0 bridgehead atoms. The second kappa shape index (κ2) is 7.50. The lowest BCUT2D eigenvalue weighted by molar-refractivity contribution is -0.131. The third-order valence-corrected chi connectivity index (χ3v) is 5.91. The highest BCUT2D eigenvalue weighted by Crippen LogP contribution is 2.25. The molecule has 1 aliphatic heterocycles. The summed E-state index contributed by atoms with van der Waals surface area (Å²) < 4.78 is 32.7. The molecule has 1 saturated heterocycles. The van der Waals surface area contributed by atoms with Gasteiger partial charge in [0.25, 0.3) is 0 Å². The highest BCUT2D eigenvalue weighted by molar-refractivity contribution is 7.89. The van der Waals surface area contributed by atoms with Crippen LogP contribution in [0.5, 0.6) is 5.75 Å². The van der Waals surface area contributed by atoms with Crippen molar-refractivity contribution in [1.29, 1.82) is 0 Å². The van der Waals surface area contributed by atoms with Crippen LogP contribution < -0.4 is 9.46 Å². The summed E-state index contributed by atoms with van der Waals surface area (Å²) >= 11 is 0. The summed E-state index contributed by atoms with van der Waals surface area (Å²) in [7, 11) is -0.218. The van der Waals surface area contributed by atoms with Gasteiger partial charge in [0, 0.05) is 26.2 Å². The second-order valence-corrected chi connectivity index (χ2v) is 7.80. The zero-order valence-electron chi connectivity index (χ0n) is 14.6. The molecule has 0 unspecified atom stereocenters. The molecule has 0 aliphatic carbocycles. The number of methoxy groups -OCH3 is 1. The molecule has 0 atom stereocenters. The van der Waals surface area contributed by atoms with Crippen molar-refractivity contribution in [2.75, 3.05) is 46.9 Å². The lowest BCUT2D eigenvalue weighted by Crippen LogP contribution is -2.50. The Labute approximate surface area is 143 Å². The highest BCUT2D eigenvalue weighted by atomic mass is 32.2. The minimum Gasteiger partial charge on any atom is -0.497 e. The van der Waals surface area contributed by atoms with Crippen LogP contribution in [0, 0.1) is 13.8 Å². The van der Waals surface area contributed by atoms with Gasteiger partial charge in [-0.15, -0.1) is 0 Å². The molecule has 2 rings (SSSR count). The van der Waals surface area contributed by atoms with E-state index in [-0.39, 0.29) is 17.3 Å². The van der Waals surface area contributed by atoms with E-state index < -0.39 is 10.0 Å². The molecule has 1 heterocycles. The third-order valence-electron chi connectivity index (χ3n) is 4.21. The van der Waals surface area contributed by atoms with Crippen LogP contribution in [0.1, 0.15) is 11.1 Å². The lowest BCUT2D eigenvalue weighted by atomic mass is 10.1. The van der Waals surface area contributed by atoms with Crippen molar-refractivity contribution in [3.05, 3.63) is 23.3 Å². The summed E-state index contributed by atoms with van der Waals surface area (Å²) in [5, 5.41) is 0. The van der Waals surface area contributed by atoms with E-state index in [1.54, 1.807) is 30.9 Å². The van der Waals surface area contributed by atoms with Gasteiger partial charge in [0.15, 0.2) is 0 Å². The van der Waals surface area contributed by atoms with E-state index in [4.69, 9.17) is 4.74 Å². The van der Waals surface area contributed by atoms with Crippen LogP contribution in [0.2, 0.25) is 0 Å². The molecule has 24 heavy (non-hydrogen) atoms. The fraction of sp³-hybridized carbons (Fsp3) is 0.562. The van der Waals surface area contributed by atoms with Crippen molar-refractivity contribution in [3.63, 3.8) is 0 Å². The van der Waals surface area contributed by atoms with E-state index in [1.807, 2.05) is 7.05 Å². The standard InChI is InChI=1S/C16H25N3O4S/c1-12-9-14(23-4)10-13(2)16(12)24(21,22)17-11-15(20)19-7-5-18(3)6-8-19/h9-10,17H,5-8,11H2,1-4H3. The van der Waals surface area contributed by atoms with E-state index >= 15 is 0 Å². The maximum atomic E-state index is 12.6. The number of aryl methyl sites for hydroxylation is 2. The number of hydrogen-bond acceptors (Lipinski definition) is 5. The number of nitrogens with one attached hydrogen (secondary N) is 1. The molecular formula is C16H25N3O4S. The van der Waals surface area contributed by atoms with Gasteiger partial charge in [0.05, 0.1) is 18.6 Å². The molecule has 0 saturated carbocycles. The normalized spacial score (nSPS) is 16.2. The van der Waals surface area contributed by atoms with Crippen LogP contribution in [0.15, 0.2) is 17.0 Å². The summed E-state index contributed by atoms with van der Waals surface area (Å²) in [6.07, 6.45) is 0. The molecule has 1 amide bonds. The molecule has 7 nitrogen and oxygen atoms in total. The predicted octanol–water partition coefficient (Wildman–Crippen LogP) is 0.364. The van der Waals surface area contributed by atoms with Gasteiger partial charge in [-0.1, -0.05) is 0 Å². The zero-order valence-corrected chi connectivity index (χ0v) is 15.4. The Kier molecular flexibility index (Phi) is 5.84. The van der Waals surface area contributed by atoms with E-state index in [0.717, 1.165) is 13.1 Å². The maximum Gasteiger partial charge on any atom is 0.241 e. The molecule has 1 fully saturated rings. The number of benzene rings is 1. The number of piperazine rings is 1. The Balaban J connectivity index is 2.08. The predicted molar refractivity (Wildman–Crippen MR) is 91.7 cm³/mol. The monoisotopic (exact) mass is 355 g/mol. The summed E-state index contributed by atoms with van der Waals surface area (Å²) in [4.78, 5) is 16.2. The van der Waals surface area contributed by atoms with Gasteiger partial charge in [-0.3, -0.25) is 4.79 Å². The van der Waals surface area contributed by atoms with Gasteiger partial charge in [0.2, 0.25) is 15.9 Å². The molecular weight excluding hydrogens is 330 g/mol. The minimum absolute atomic E-state index is 0.199. The van der Waals surface area contributed by atoms with Crippen molar-refractivity contribution >= 4 is 15.9 Å². The topological polar surface area (TPSA) is 78.9 Å². The summed E-state index contributed by atoms with van der Waals surface area (Å²) in [5.41, 5.74) is 1.18. The van der Waals surface area contributed by atoms with Crippen LogP contribution in [0.4, 0.5) is 0 Å². The third kappa shape index (κ3) is 4.25. The molecule has 1 aromatic carbocycles. The summed E-state index contributed by atoms with van der Waals surface area (Å²) in [5.74, 6) is 0.410. The molecule has 1 aromatic rings. The zero-order chi connectivity index (χ0) is 17.9. The van der Waals surface area contributed by atoms with Gasteiger partial charge < -0.3 is 14.5 Å². The largest absolute Gasteiger partial charge is 0.497 e. The highest BCUT2D eigenvalue weighted by Gasteiger charge is 2.24. The number of carbonyl (C=O) groups is 1. The molecule has 134 valence electrons. The first kappa shape index (κ1) is 18.7. The van der Waals surface area contributed by atoms with Crippen LogP contribution in [0.25, 0.3) is 0 Å². The average Bonchev–Trinajstić information content (AvgIpc) is 2.52. The second-order valence-electron chi connectivity index (χ2n) is 6.10. The van der Waals surface area contributed by atoms with Gasteiger partial charge in [0.1, 0.15) is 5.75 Å². The van der Waals surface area contributed by atoms with Crippen molar-refractivity contribution < 1.29 is 17.9 Å². The van der Waals surface area contributed by atoms with Gasteiger partial charge in [-0.2, -0.15) is 0 Å². The van der Waals surface area contributed by atoms with Crippen molar-refractivity contribution in [3.8, 4) is 5.75 Å². The first-order valence-electron chi connectivity index (χ1n) is 7.86. The van der Waals surface area contributed by atoms with Crippen molar-refractivity contribution in [2.45, 2.75) is 18.7 Å². The fourth-order valence-electron chi connectivity index (χ4n) is 2.85. The smallest absolute Gasteiger partial charge is 0.241 e. The number of rotatable bonds is 5. The Bertz CT molecular complexity index is 687. The molecule has 1 N–H and O–H groups in total. The Morgan fingerprint density at radius 3 is 2.21 bits per heavy atom. The fourth-order valence-corrected chi connectivity index (χ4v) is 4.27. The first-order valence-corrected chi connectivity index (χ1v) is 9.34. The van der Waals surface area contributed by atoms with Crippen LogP contribution in [-0.2, 0) is 14.8 Å². The Morgan fingerprint density at radius 2 is 1.71 bits per heavy atom. The van der Waals surface area contributed by atoms with Gasteiger partial charge >= 0.3 is 0 Å². The molecule has 0 aromatic heterocycles. The quantitative estimate of drug-likeness (QED) is 0.825. The minimum atomic E-state index is -3.75. The summed E-state index contributed by atoms with van der Waals surface area (Å²) in [6, 6.07) is 3.34. The Morgan fingerprint density at radius 1 is 1.17 bits per heavy atom. The van der Waals surface area contributed by atoms with E-state index in [1.165, 1.54) is 7.11 Å². The number of carbonyl (C=O) groups excluding carboxylic acids is 1. The van der Waals surface area contributed by atoms with Crippen molar-refractivity contribution in [2.24, 2.45) is 0 Å². The van der Waals surface area contributed by atoms with Crippen LogP contribution >= 0.6 is 0 Å². The Hall–Kier alpha value is -1.64. The molecule has 8 heteroatoms. The van der Waals surface area contributed by atoms with E-state index in [0.29, 0.717) is 30.0 Å². The first-order chi connectivity index (χ1) is 11.2. The number of nitrogens with zero attached hydrogens (tertiary/aromatic N) is 2. The molecule has 0 spiro atoms. The number of hydrogen-bond donors (Lipinski definition) is 1. The van der Waals surface area contributed by atoms with E-state index in [2.05, 4.69) is 9.62 Å². The molecule has 1 aliphatic rings. The van der Waals surface area contributed by atoms with Crippen molar-refractivity contribution in [1.82, 2.24) is 14.5 Å². The SMILES string of the molecule is COc1cc(C)c(S(=O)(=O)NCC(=O)N2CCN(C)CC2)c(C)c1. The summed E-state index contributed by atoms with van der Waals surface area (Å²) in [6.45, 7) is 6.05. The number of likely N-dealkylation sites (N-methyl/N-ethyl adjacent to an activating group) is 1. The number of ether oxygens (including phenoxy) is 1. The van der Waals surface area contributed by atoms with Crippen LogP contribution in [0.3, 0.4) is 0 Å². The molecule has 0 radical (unpaired) electrons. The number of sulfonamides is 1. The number of amides is 1. The van der Waals surface area contributed by atoms with E-state index in [9.17, 15) is 13.2 Å². The van der Waals surface area contributed by atoms with Gasteiger partial charge in [-0.25, -0.2) is 13.1 Å². The van der Waals surface area contributed by atoms with Gasteiger partial charge in [-0.05, 0) is 44.2 Å². The lowest BCUT2D eigenvalue weighted by Gasteiger charge is -2.32. The average molecular weight is 355 g/mol. The van der Waals surface area contributed by atoms with Crippen LogP contribution in [-0.4, -0.2) is 71.0 Å².